The third-order valence-electron chi connectivity index (χ3n) is 3.05. The molecule has 98 valence electrons. The highest BCUT2D eigenvalue weighted by Crippen LogP contribution is 2.09. The fourth-order valence-corrected chi connectivity index (χ4v) is 2.02. The van der Waals surface area contributed by atoms with Gasteiger partial charge in [-0.3, -0.25) is 9.59 Å². The minimum atomic E-state index is -0.291. The number of ether oxygens (including phenoxy) is 1. The van der Waals surface area contributed by atoms with Crippen LogP contribution in [0.25, 0.3) is 0 Å². The van der Waals surface area contributed by atoms with Crippen molar-refractivity contribution in [3.05, 3.63) is 22.5 Å². The zero-order valence-electron chi connectivity index (χ0n) is 10.5. The lowest BCUT2D eigenvalue weighted by Gasteiger charge is -2.26. The Hall–Kier alpha value is -1.85. The number of hydrogen-bond donors (Lipinski definition) is 0. The zero-order chi connectivity index (χ0) is 13.0. The molecular weight excluding hydrogens is 234 g/mol. The van der Waals surface area contributed by atoms with Crippen molar-refractivity contribution < 1.29 is 9.53 Å². The molecule has 1 amide bonds. The molecule has 6 heteroatoms. The number of amides is 1. The molecule has 18 heavy (non-hydrogen) atoms. The third-order valence-corrected chi connectivity index (χ3v) is 3.05. The quantitative estimate of drug-likeness (QED) is 0.773. The lowest BCUT2D eigenvalue weighted by molar-refractivity contribution is -0.133. The molecule has 0 saturated carbocycles. The molecule has 6 nitrogen and oxygen atoms in total. The summed E-state index contributed by atoms with van der Waals surface area (Å²) in [4.78, 5) is 25.4. The van der Waals surface area contributed by atoms with E-state index in [0.717, 1.165) is 30.6 Å². The van der Waals surface area contributed by atoms with Crippen LogP contribution in [0.5, 0.6) is 5.88 Å². The van der Waals surface area contributed by atoms with Crippen molar-refractivity contribution in [2.24, 2.45) is 0 Å². The fraction of sp³-hybridized carbons (Fsp3) is 0.583. The number of likely N-dealkylation sites (tertiary alicyclic amines) is 1. The summed E-state index contributed by atoms with van der Waals surface area (Å²) in [6, 6.07) is 2.85. The van der Waals surface area contributed by atoms with Crippen molar-refractivity contribution in [3.8, 4) is 5.88 Å². The van der Waals surface area contributed by atoms with Gasteiger partial charge in [0.15, 0.2) is 0 Å². The van der Waals surface area contributed by atoms with Crippen molar-refractivity contribution in [2.75, 3.05) is 20.2 Å². The second-order valence-electron chi connectivity index (χ2n) is 4.31. The maximum absolute atomic E-state index is 12.0. The minimum Gasteiger partial charge on any atom is -0.480 e. The SMILES string of the molecule is COc1ccc(=O)n(CC(=O)N2CCCCC2)n1. The van der Waals surface area contributed by atoms with Crippen LogP contribution in [0.15, 0.2) is 16.9 Å². The molecular formula is C12H17N3O3. The standard InChI is InChI=1S/C12H17N3O3/c1-18-10-5-6-11(16)15(13-10)9-12(17)14-7-3-2-4-8-14/h5-6H,2-4,7-9H2,1H3. The average molecular weight is 251 g/mol. The van der Waals surface area contributed by atoms with Crippen LogP contribution in [-0.4, -0.2) is 40.8 Å². The summed E-state index contributed by atoms with van der Waals surface area (Å²) in [5, 5.41) is 3.96. The van der Waals surface area contributed by atoms with Gasteiger partial charge in [-0.05, 0) is 19.3 Å². The molecule has 0 bridgehead atoms. The molecule has 0 atom stereocenters. The predicted octanol–water partition coefficient (Wildman–Crippen LogP) is 0.264. The van der Waals surface area contributed by atoms with Gasteiger partial charge in [-0.15, -0.1) is 5.10 Å². The molecule has 0 spiro atoms. The maximum Gasteiger partial charge on any atom is 0.267 e. The first-order chi connectivity index (χ1) is 8.70. The Morgan fingerprint density at radius 2 is 2.06 bits per heavy atom. The van der Waals surface area contributed by atoms with E-state index in [9.17, 15) is 9.59 Å². The number of nitrogens with zero attached hydrogens (tertiary/aromatic N) is 3. The van der Waals surface area contributed by atoms with E-state index in [2.05, 4.69) is 5.10 Å². The van der Waals surface area contributed by atoms with Crippen molar-refractivity contribution in [2.45, 2.75) is 25.8 Å². The molecule has 1 aromatic rings. The van der Waals surface area contributed by atoms with Gasteiger partial charge in [0.05, 0.1) is 7.11 Å². The van der Waals surface area contributed by atoms with Gasteiger partial charge < -0.3 is 9.64 Å². The predicted molar refractivity (Wildman–Crippen MR) is 65.5 cm³/mol. The highest BCUT2D eigenvalue weighted by molar-refractivity contribution is 5.75. The van der Waals surface area contributed by atoms with E-state index in [4.69, 9.17) is 4.74 Å². The van der Waals surface area contributed by atoms with Crippen LogP contribution in [0.3, 0.4) is 0 Å². The van der Waals surface area contributed by atoms with Gasteiger partial charge in [0, 0.05) is 25.2 Å². The molecule has 0 aromatic carbocycles. The Labute approximate surface area is 105 Å². The van der Waals surface area contributed by atoms with Gasteiger partial charge in [0.25, 0.3) is 5.56 Å². The highest BCUT2D eigenvalue weighted by Gasteiger charge is 2.17. The second-order valence-corrected chi connectivity index (χ2v) is 4.31. The zero-order valence-corrected chi connectivity index (χ0v) is 10.5. The summed E-state index contributed by atoms with van der Waals surface area (Å²) >= 11 is 0. The molecule has 1 saturated heterocycles. The molecule has 1 aliphatic heterocycles. The van der Waals surface area contributed by atoms with Crippen LogP contribution in [0.4, 0.5) is 0 Å². The van der Waals surface area contributed by atoms with E-state index < -0.39 is 0 Å². The molecule has 0 unspecified atom stereocenters. The Morgan fingerprint density at radius 3 is 2.72 bits per heavy atom. The number of hydrogen-bond acceptors (Lipinski definition) is 4. The van der Waals surface area contributed by atoms with Crippen LogP contribution >= 0.6 is 0 Å². The lowest BCUT2D eigenvalue weighted by Crippen LogP contribution is -2.40. The topological polar surface area (TPSA) is 64.4 Å². The third kappa shape index (κ3) is 2.88. The minimum absolute atomic E-state index is 0.0178. The van der Waals surface area contributed by atoms with Gasteiger partial charge >= 0.3 is 0 Å². The van der Waals surface area contributed by atoms with Crippen LogP contribution in [-0.2, 0) is 11.3 Å². The van der Waals surface area contributed by atoms with Crippen LogP contribution in [0.2, 0.25) is 0 Å². The fourth-order valence-electron chi connectivity index (χ4n) is 2.02. The highest BCUT2D eigenvalue weighted by atomic mass is 16.5. The summed E-state index contributed by atoms with van der Waals surface area (Å²) in [6.45, 7) is 1.53. The number of aromatic nitrogens is 2. The van der Waals surface area contributed by atoms with Gasteiger partial charge in [-0.2, -0.15) is 0 Å². The Balaban J connectivity index is 2.08. The van der Waals surface area contributed by atoms with E-state index in [1.54, 1.807) is 4.90 Å². The van der Waals surface area contributed by atoms with Gasteiger partial charge in [-0.25, -0.2) is 4.68 Å². The first-order valence-corrected chi connectivity index (χ1v) is 6.10. The number of rotatable bonds is 3. The average Bonchev–Trinajstić information content (AvgIpc) is 2.42. The summed E-state index contributed by atoms with van der Waals surface area (Å²) in [7, 11) is 1.48. The van der Waals surface area contributed by atoms with Crippen molar-refractivity contribution in [1.29, 1.82) is 0 Å². The number of carbonyl (C=O) groups is 1. The molecule has 0 radical (unpaired) electrons. The molecule has 0 N–H and O–H groups in total. The maximum atomic E-state index is 12.0. The summed E-state index contributed by atoms with van der Waals surface area (Å²) < 4.78 is 6.09. The Morgan fingerprint density at radius 1 is 1.33 bits per heavy atom. The lowest BCUT2D eigenvalue weighted by atomic mass is 10.1. The molecule has 1 aliphatic rings. The van der Waals surface area contributed by atoms with Crippen LogP contribution < -0.4 is 10.3 Å². The van der Waals surface area contributed by atoms with Gasteiger partial charge in [-0.1, -0.05) is 0 Å². The van der Waals surface area contributed by atoms with Crippen molar-refractivity contribution >= 4 is 5.91 Å². The summed E-state index contributed by atoms with van der Waals surface area (Å²) in [5.74, 6) is 0.276. The van der Waals surface area contributed by atoms with Gasteiger partial charge in [0.2, 0.25) is 11.8 Å². The second kappa shape index (κ2) is 5.66. The van der Waals surface area contributed by atoms with E-state index in [0.29, 0.717) is 5.88 Å². The largest absolute Gasteiger partial charge is 0.480 e. The van der Waals surface area contributed by atoms with E-state index in [1.165, 1.54) is 25.7 Å². The van der Waals surface area contributed by atoms with Crippen LogP contribution in [0.1, 0.15) is 19.3 Å². The summed E-state index contributed by atoms with van der Waals surface area (Å²) in [6.07, 6.45) is 3.24. The van der Waals surface area contributed by atoms with Gasteiger partial charge in [0.1, 0.15) is 6.54 Å². The Bertz CT molecular complexity index is 478. The normalized spacial score (nSPS) is 15.5. The molecule has 1 aromatic heterocycles. The molecule has 1 fully saturated rings. The molecule has 0 aliphatic carbocycles. The summed E-state index contributed by atoms with van der Waals surface area (Å²) in [5.41, 5.74) is -0.291. The van der Waals surface area contributed by atoms with Crippen LogP contribution in [0, 0.1) is 0 Å². The number of piperidine rings is 1. The molecule has 2 rings (SSSR count). The van der Waals surface area contributed by atoms with E-state index in [-0.39, 0.29) is 18.0 Å². The smallest absolute Gasteiger partial charge is 0.267 e. The first-order valence-electron chi connectivity index (χ1n) is 6.10. The van der Waals surface area contributed by atoms with Crippen molar-refractivity contribution in [3.63, 3.8) is 0 Å². The van der Waals surface area contributed by atoms with E-state index >= 15 is 0 Å². The van der Waals surface area contributed by atoms with E-state index in [1.807, 2.05) is 0 Å². The Kier molecular flexibility index (Phi) is 3.96. The first kappa shape index (κ1) is 12.6. The molecule has 2 heterocycles. The monoisotopic (exact) mass is 251 g/mol. The number of methoxy groups -OCH3 is 1. The van der Waals surface area contributed by atoms with Crippen molar-refractivity contribution in [1.82, 2.24) is 14.7 Å². The number of carbonyl (C=O) groups excluding carboxylic acids is 1.